The van der Waals surface area contributed by atoms with Gasteiger partial charge in [-0.2, -0.15) is 0 Å². The van der Waals surface area contributed by atoms with Crippen molar-refractivity contribution in [3.05, 3.63) is 29.8 Å². The second-order valence-electron chi connectivity index (χ2n) is 7.78. The van der Waals surface area contributed by atoms with Gasteiger partial charge >= 0.3 is 6.03 Å². The lowest BCUT2D eigenvalue weighted by molar-refractivity contribution is 0.193. The first-order valence-electron chi connectivity index (χ1n) is 8.81. The van der Waals surface area contributed by atoms with Gasteiger partial charge in [-0.15, -0.1) is 0 Å². The molecule has 1 fully saturated rings. The first kappa shape index (κ1) is 18.6. The predicted molar refractivity (Wildman–Crippen MR) is 101 cm³/mol. The van der Waals surface area contributed by atoms with E-state index in [4.69, 9.17) is 0 Å². The normalized spacial score (nSPS) is 15.8. The minimum absolute atomic E-state index is 0.0561. The molecule has 0 unspecified atom stereocenters. The Morgan fingerprint density at radius 2 is 1.75 bits per heavy atom. The molecule has 0 radical (unpaired) electrons. The minimum Gasteiger partial charge on any atom is -0.368 e. The fourth-order valence-corrected chi connectivity index (χ4v) is 3.03. The number of anilines is 1. The van der Waals surface area contributed by atoms with Crippen LogP contribution in [0.25, 0.3) is 0 Å². The fourth-order valence-electron chi connectivity index (χ4n) is 3.03. The maximum absolute atomic E-state index is 12.2. The Morgan fingerprint density at radius 1 is 1.12 bits per heavy atom. The van der Waals surface area contributed by atoms with Gasteiger partial charge in [0.05, 0.1) is 0 Å². The molecule has 0 saturated carbocycles. The van der Waals surface area contributed by atoms with Crippen LogP contribution in [0.2, 0.25) is 0 Å². The summed E-state index contributed by atoms with van der Waals surface area (Å²) in [6, 6.07) is 8.69. The van der Waals surface area contributed by atoms with Gasteiger partial charge in [0, 0.05) is 45.0 Å². The molecule has 24 heavy (non-hydrogen) atoms. The van der Waals surface area contributed by atoms with E-state index in [1.165, 1.54) is 11.3 Å². The highest BCUT2D eigenvalue weighted by atomic mass is 16.2. The molecular weight excluding hydrogens is 300 g/mol. The van der Waals surface area contributed by atoms with Crippen LogP contribution in [-0.2, 0) is 5.41 Å². The molecule has 1 aliphatic heterocycles. The van der Waals surface area contributed by atoms with Gasteiger partial charge in [0.15, 0.2) is 0 Å². The summed E-state index contributed by atoms with van der Waals surface area (Å²) in [5.74, 6) is 0. The molecule has 0 atom stereocenters. The number of hydrogen-bond acceptors (Lipinski definition) is 3. The highest BCUT2D eigenvalue weighted by Crippen LogP contribution is 2.32. The summed E-state index contributed by atoms with van der Waals surface area (Å²) in [7, 11) is 4.02. The molecule has 5 heteroatoms. The van der Waals surface area contributed by atoms with Gasteiger partial charge in [-0.1, -0.05) is 39.0 Å². The number of benzene rings is 1. The van der Waals surface area contributed by atoms with Crippen molar-refractivity contribution >= 4 is 11.7 Å². The lowest BCUT2D eigenvalue weighted by Gasteiger charge is -2.38. The van der Waals surface area contributed by atoms with Crippen molar-refractivity contribution in [2.24, 2.45) is 0 Å². The van der Waals surface area contributed by atoms with Crippen LogP contribution in [0.5, 0.6) is 0 Å². The number of amides is 2. The van der Waals surface area contributed by atoms with E-state index in [1.807, 2.05) is 19.0 Å². The maximum Gasteiger partial charge on any atom is 0.317 e. The van der Waals surface area contributed by atoms with Gasteiger partial charge in [-0.3, -0.25) is 0 Å². The summed E-state index contributed by atoms with van der Waals surface area (Å²) in [6.45, 7) is 11.6. The molecule has 5 nitrogen and oxygen atoms in total. The van der Waals surface area contributed by atoms with E-state index in [2.05, 4.69) is 60.2 Å². The van der Waals surface area contributed by atoms with Crippen LogP contribution in [-0.4, -0.2) is 69.2 Å². The van der Waals surface area contributed by atoms with Gasteiger partial charge < -0.3 is 20.0 Å². The van der Waals surface area contributed by atoms with Gasteiger partial charge in [-0.05, 0) is 31.1 Å². The van der Waals surface area contributed by atoms with Crippen LogP contribution in [0.15, 0.2) is 24.3 Å². The predicted octanol–water partition coefficient (Wildman–Crippen LogP) is 2.38. The topological polar surface area (TPSA) is 38.8 Å². The number of likely N-dealkylation sites (N-methyl/N-ethyl adjacent to an activating group) is 1. The third kappa shape index (κ3) is 4.87. The number of rotatable bonds is 4. The van der Waals surface area contributed by atoms with Crippen molar-refractivity contribution in [1.82, 2.24) is 15.1 Å². The zero-order chi connectivity index (χ0) is 17.7. The lowest BCUT2D eigenvalue weighted by Crippen LogP contribution is -2.52. The zero-order valence-electron chi connectivity index (χ0n) is 15.8. The number of para-hydroxylation sites is 1. The lowest BCUT2D eigenvalue weighted by atomic mass is 9.85. The number of urea groups is 1. The number of hydrogen-bond donors (Lipinski definition) is 1. The molecule has 1 aromatic rings. The number of nitrogens with zero attached hydrogens (tertiary/aromatic N) is 3. The quantitative estimate of drug-likeness (QED) is 0.920. The molecule has 2 amide bonds. The van der Waals surface area contributed by atoms with E-state index in [1.54, 1.807) is 0 Å². The average Bonchev–Trinajstić information content (AvgIpc) is 2.54. The molecule has 0 aliphatic carbocycles. The van der Waals surface area contributed by atoms with Gasteiger partial charge in [0.1, 0.15) is 0 Å². The van der Waals surface area contributed by atoms with Crippen molar-refractivity contribution in [1.29, 1.82) is 0 Å². The first-order valence-corrected chi connectivity index (χ1v) is 8.81. The smallest absolute Gasteiger partial charge is 0.317 e. The van der Waals surface area contributed by atoms with Crippen LogP contribution >= 0.6 is 0 Å². The second-order valence-corrected chi connectivity index (χ2v) is 7.78. The van der Waals surface area contributed by atoms with Crippen LogP contribution < -0.4 is 10.2 Å². The van der Waals surface area contributed by atoms with E-state index in [0.29, 0.717) is 6.54 Å². The Hall–Kier alpha value is -1.75. The van der Waals surface area contributed by atoms with Crippen molar-refractivity contribution in [2.45, 2.75) is 26.2 Å². The van der Waals surface area contributed by atoms with Crippen molar-refractivity contribution in [3.63, 3.8) is 0 Å². The Morgan fingerprint density at radius 3 is 2.33 bits per heavy atom. The highest BCUT2D eigenvalue weighted by Gasteiger charge is 2.25. The Bertz CT molecular complexity index is 543. The van der Waals surface area contributed by atoms with Crippen LogP contribution in [0.1, 0.15) is 26.3 Å². The SMILES string of the molecule is CN(C)CCNC(=O)N1CCN(c2ccccc2C(C)(C)C)CC1. The zero-order valence-corrected chi connectivity index (χ0v) is 15.8. The van der Waals surface area contributed by atoms with Crippen molar-refractivity contribution in [2.75, 3.05) is 58.3 Å². The Balaban J connectivity index is 1.93. The average molecular weight is 332 g/mol. The molecule has 134 valence electrons. The maximum atomic E-state index is 12.2. The third-order valence-corrected chi connectivity index (χ3v) is 4.45. The van der Waals surface area contributed by atoms with Crippen LogP contribution in [0.3, 0.4) is 0 Å². The van der Waals surface area contributed by atoms with E-state index < -0.39 is 0 Å². The molecule has 2 rings (SSSR count). The summed E-state index contributed by atoms with van der Waals surface area (Å²) in [5.41, 5.74) is 2.80. The molecule has 0 aromatic heterocycles. The minimum atomic E-state index is 0.0561. The summed E-state index contributed by atoms with van der Waals surface area (Å²) in [4.78, 5) is 18.6. The summed E-state index contributed by atoms with van der Waals surface area (Å²) >= 11 is 0. The second kappa shape index (κ2) is 7.88. The van der Waals surface area contributed by atoms with E-state index in [0.717, 1.165) is 32.7 Å². The Labute approximate surface area is 146 Å². The monoisotopic (exact) mass is 332 g/mol. The number of nitrogens with one attached hydrogen (secondary N) is 1. The Kier molecular flexibility index (Phi) is 6.10. The third-order valence-electron chi connectivity index (χ3n) is 4.45. The number of carbonyl (C=O) groups excluding carboxylic acids is 1. The molecule has 1 heterocycles. The fraction of sp³-hybridized carbons (Fsp3) is 0.632. The number of carbonyl (C=O) groups is 1. The van der Waals surface area contributed by atoms with Gasteiger partial charge in [-0.25, -0.2) is 4.79 Å². The standard InChI is InChI=1S/C19H32N4O/c1-19(2,3)16-8-6-7-9-17(16)22-12-14-23(15-13-22)18(24)20-10-11-21(4)5/h6-9H,10-15H2,1-5H3,(H,20,24). The summed E-state index contributed by atoms with van der Waals surface area (Å²) < 4.78 is 0. The molecule has 1 aromatic carbocycles. The van der Waals surface area contributed by atoms with E-state index in [9.17, 15) is 4.79 Å². The molecular formula is C19H32N4O. The largest absolute Gasteiger partial charge is 0.368 e. The molecule has 1 N–H and O–H groups in total. The highest BCUT2D eigenvalue weighted by molar-refractivity contribution is 5.74. The van der Waals surface area contributed by atoms with E-state index >= 15 is 0 Å². The summed E-state index contributed by atoms with van der Waals surface area (Å²) in [5, 5.41) is 3.00. The van der Waals surface area contributed by atoms with Gasteiger partial charge in [0.2, 0.25) is 0 Å². The van der Waals surface area contributed by atoms with Crippen molar-refractivity contribution < 1.29 is 4.79 Å². The van der Waals surface area contributed by atoms with Crippen LogP contribution in [0, 0.1) is 0 Å². The summed E-state index contributed by atoms with van der Waals surface area (Å²) in [6.07, 6.45) is 0. The van der Waals surface area contributed by atoms with Crippen molar-refractivity contribution in [3.8, 4) is 0 Å². The molecule has 1 aliphatic rings. The number of piperazine rings is 1. The molecule has 0 bridgehead atoms. The molecule has 1 saturated heterocycles. The van der Waals surface area contributed by atoms with Gasteiger partial charge in [0.25, 0.3) is 0 Å². The molecule has 0 spiro atoms. The van der Waals surface area contributed by atoms with Crippen LogP contribution in [0.4, 0.5) is 10.5 Å². The van der Waals surface area contributed by atoms with E-state index in [-0.39, 0.29) is 11.4 Å². The first-order chi connectivity index (χ1) is 11.3.